The number of hydrogen-bond donors (Lipinski definition) is 0. The van der Waals surface area contributed by atoms with Crippen molar-refractivity contribution in [3.05, 3.63) is 12.7 Å². The summed E-state index contributed by atoms with van der Waals surface area (Å²) in [5.74, 6) is -1.85. The lowest BCUT2D eigenvalue weighted by Gasteiger charge is -2.43. The van der Waals surface area contributed by atoms with E-state index in [2.05, 4.69) is 6.58 Å². The Kier molecular flexibility index (Phi) is 4.98. The van der Waals surface area contributed by atoms with Crippen LogP contribution in [0.25, 0.3) is 0 Å². The fourth-order valence-corrected chi connectivity index (χ4v) is 3.76. The molecule has 3 fully saturated rings. The Morgan fingerprint density at radius 1 is 1.12 bits per heavy atom. The highest BCUT2D eigenvalue weighted by Crippen LogP contribution is 2.42. The molecule has 3 aliphatic rings. The molecule has 6 atom stereocenters. The van der Waals surface area contributed by atoms with E-state index in [1.165, 1.54) is 6.92 Å². The van der Waals surface area contributed by atoms with Crippen LogP contribution in [-0.4, -0.2) is 60.8 Å². The summed E-state index contributed by atoms with van der Waals surface area (Å²) < 4.78 is 35.6. The lowest BCUT2D eigenvalue weighted by atomic mass is 9.91. The maximum Gasteiger partial charge on any atom is 0.303 e. The molecule has 7 heteroatoms. The van der Waals surface area contributed by atoms with Gasteiger partial charge in [-0.2, -0.15) is 0 Å². The summed E-state index contributed by atoms with van der Waals surface area (Å²) in [6, 6.07) is 0. The molecule has 0 bridgehead atoms. The van der Waals surface area contributed by atoms with Crippen LogP contribution >= 0.6 is 0 Å². The number of hydrogen-bond acceptors (Lipinski definition) is 7. The molecule has 0 unspecified atom stereocenters. The Balaban J connectivity index is 1.87. The summed E-state index contributed by atoms with van der Waals surface area (Å²) in [6.45, 7) is 13.0. The molecule has 0 aromatic carbocycles. The second kappa shape index (κ2) is 6.63. The summed E-state index contributed by atoms with van der Waals surface area (Å²) in [4.78, 5) is 11.6. The van der Waals surface area contributed by atoms with E-state index in [1.54, 1.807) is 6.08 Å². The molecule has 0 aromatic rings. The van der Waals surface area contributed by atoms with E-state index in [0.717, 1.165) is 0 Å². The zero-order chi connectivity index (χ0) is 18.4. The normalized spacial score (nSPS) is 42.0. The highest BCUT2D eigenvalue weighted by atomic mass is 16.8. The topological polar surface area (TPSA) is 72.5 Å². The van der Waals surface area contributed by atoms with Crippen molar-refractivity contribution in [3.63, 3.8) is 0 Å². The summed E-state index contributed by atoms with van der Waals surface area (Å²) in [5, 5.41) is 0. The first-order chi connectivity index (χ1) is 11.6. The lowest BCUT2D eigenvalue weighted by molar-refractivity contribution is -0.232. The summed E-state index contributed by atoms with van der Waals surface area (Å²) in [7, 11) is 0. The van der Waals surface area contributed by atoms with Crippen molar-refractivity contribution in [3.8, 4) is 0 Å². The maximum atomic E-state index is 11.6. The third kappa shape index (κ3) is 3.90. The van der Waals surface area contributed by atoms with Gasteiger partial charge in [-0.1, -0.05) is 6.08 Å². The van der Waals surface area contributed by atoms with Crippen LogP contribution in [0.5, 0.6) is 0 Å². The maximum absolute atomic E-state index is 11.6. The molecule has 0 aliphatic carbocycles. The Labute approximate surface area is 148 Å². The van der Waals surface area contributed by atoms with Gasteiger partial charge in [-0.25, -0.2) is 0 Å². The third-order valence-electron chi connectivity index (χ3n) is 4.61. The third-order valence-corrected chi connectivity index (χ3v) is 4.61. The van der Waals surface area contributed by atoms with E-state index in [1.807, 2.05) is 27.7 Å². The molecule has 3 aliphatic heterocycles. The van der Waals surface area contributed by atoms with Crippen molar-refractivity contribution >= 4 is 5.97 Å². The van der Waals surface area contributed by atoms with Crippen LogP contribution in [0, 0.1) is 0 Å². The molecule has 0 spiro atoms. The number of ether oxygens (including phenoxy) is 6. The van der Waals surface area contributed by atoms with Gasteiger partial charge in [-0.05, 0) is 34.1 Å². The van der Waals surface area contributed by atoms with Crippen molar-refractivity contribution < 1.29 is 33.2 Å². The van der Waals surface area contributed by atoms with Gasteiger partial charge in [0.05, 0.1) is 6.61 Å². The van der Waals surface area contributed by atoms with Crippen LogP contribution < -0.4 is 0 Å². The number of fused-ring (bicyclic) bond motifs is 1. The lowest BCUT2D eigenvalue weighted by Crippen LogP contribution is -2.60. The van der Waals surface area contributed by atoms with Gasteiger partial charge in [-0.3, -0.25) is 4.79 Å². The first kappa shape index (κ1) is 18.8. The van der Waals surface area contributed by atoms with Crippen molar-refractivity contribution in [2.24, 2.45) is 0 Å². The standard InChI is InChI=1S/C18H28O7/c1-7-8-11-13(21-10(2)19)15-16(25-18(5,6)24-15)14(22-11)12-9-20-17(3,4)23-12/h7,11-16H,1,8-9H2,2-6H3/t11-,12-,13-,14-,15-,16+/m0/s1. The van der Waals surface area contributed by atoms with Gasteiger partial charge >= 0.3 is 5.97 Å². The van der Waals surface area contributed by atoms with Gasteiger partial charge in [-0.15, -0.1) is 6.58 Å². The van der Waals surface area contributed by atoms with Crippen LogP contribution in [0.3, 0.4) is 0 Å². The highest BCUT2D eigenvalue weighted by Gasteiger charge is 2.59. The average molecular weight is 356 g/mol. The molecule has 3 rings (SSSR count). The molecule has 3 heterocycles. The molecule has 25 heavy (non-hydrogen) atoms. The molecule has 142 valence electrons. The molecule has 0 amide bonds. The minimum Gasteiger partial charge on any atom is -0.457 e. The van der Waals surface area contributed by atoms with E-state index in [4.69, 9.17) is 28.4 Å². The number of carbonyl (C=O) groups excluding carboxylic acids is 1. The van der Waals surface area contributed by atoms with Crippen LogP contribution in [0.1, 0.15) is 41.0 Å². The van der Waals surface area contributed by atoms with Crippen molar-refractivity contribution in [1.82, 2.24) is 0 Å². The monoisotopic (exact) mass is 356 g/mol. The quantitative estimate of drug-likeness (QED) is 0.563. The van der Waals surface area contributed by atoms with Crippen molar-refractivity contribution in [2.75, 3.05) is 6.61 Å². The van der Waals surface area contributed by atoms with Crippen LogP contribution in [-0.2, 0) is 33.2 Å². The van der Waals surface area contributed by atoms with Crippen molar-refractivity contribution in [2.45, 2.75) is 89.2 Å². The molecular weight excluding hydrogens is 328 g/mol. The SMILES string of the molecule is C=CC[C@@H]1O[C@@H]([C@@H]2COC(C)(C)O2)[C@H]2OC(C)(C)O[C@H]2[C@H]1OC(C)=O. The number of esters is 1. The van der Waals surface area contributed by atoms with E-state index in [-0.39, 0.29) is 24.3 Å². The summed E-state index contributed by atoms with van der Waals surface area (Å²) in [6.07, 6.45) is -0.187. The highest BCUT2D eigenvalue weighted by molar-refractivity contribution is 5.66. The van der Waals surface area contributed by atoms with Crippen LogP contribution in [0.2, 0.25) is 0 Å². The summed E-state index contributed by atoms with van der Waals surface area (Å²) in [5.41, 5.74) is 0. The smallest absolute Gasteiger partial charge is 0.303 e. The van der Waals surface area contributed by atoms with Gasteiger partial charge in [0.2, 0.25) is 0 Å². The van der Waals surface area contributed by atoms with Gasteiger partial charge < -0.3 is 28.4 Å². The zero-order valence-electron chi connectivity index (χ0n) is 15.5. The fraction of sp³-hybridized carbons (Fsp3) is 0.833. The minimum absolute atomic E-state index is 0.286. The molecule has 0 radical (unpaired) electrons. The largest absolute Gasteiger partial charge is 0.457 e. The molecule has 3 saturated heterocycles. The molecule has 0 aromatic heterocycles. The van der Waals surface area contributed by atoms with Crippen LogP contribution in [0.15, 0.2) is 12.7 Å². The van der Waals surface area contributed by atoms with E-state index >= 15 is 0 Å². The predicted molar refractivity (Wildman–Crippen MR) is 87.8 cm³/mol. The second-order valence-electron chi connectivity index (χ2n) is 7.67. The second-order valence-corrected chi connectivity index (χ2v) is 7.67. The number of carbonyl (C=O) groups is 1. The zero-order valence-corrected chi connectivity index (χ0v) is 15.5. The van der Waals surface area contributed by atoms with Gasteiger partial charge in [0.25, 0.3) is 0 Å². The van der Waals surface area contributed by atoms with Crippen LogP contribution in [0.4, 0.5) is 0 Å². The molecule has 7 nitrogen and oxygen atoms in total. The van der Waals surface area contributed by atoms with E-state index in [9.17, 15) is 4.79 Å². The minimum atomic E-state index is -0.798. The fourth-order valence-electron chi connectivity index (χ4n) is 3.76. The predicted octanol–water partition coefficient (Wildman–Crippen LogP) is 1.93. The van der Waals surface area contributed by atoms with Gasteiger partial charge in [0, 0.05) is 6.92 Å². The van der Waals surface area contributed by atoms with Crippen molar-refractivity contribution in [1.29, 1.82) is 0 Å². The van der Waals surface area contributed by atoms with E-state index in [0.29, 0.717) is 13.0 Å². The molecule has 0 N–H and O–H groups in total. The Hall–Kier alpha value is -0.990. The van der Waals surface area contributed by atoms with Gasteiger partial charge in [0.1, 0.15) is 30.5 Å². The first-order valence-electron chi connectivity index (χ1n) is 8.73. The first-order valence-corrected chi connectivity index (χ1v) is 8.73. The summed E-state index contributed by atoms with van der Waals surface area (Å²) >= 11 is 0. The Bertz CT molecular complexity index is 530. The molecule has 0 saturated carbocycles. The van der Waals surface area contributed by atoms with Gasteiger partial charge in [0.15, 0.2) is 17.7 Å². The average Bonchev–Trinajstić information content (AvgIpc) is 2.99. The molecular formula is C18H28O7. The van der Waals surface area contributed by atoms with E-state index < -0.39 is 29.9 Å². The Morgan fingerprint density at radius 3 is 2.36 bits per heavy atom. The number of rotatable bonds is 4. The Morgan fingerprint density at radius 2 is 1.80 bits per heavy atom.